The van der Waals surface area contributed by atoms with Crippen LogP contribution in [0.2, 0.25) is 0 Å². The van der Waals surface area contributed by atoms with Crippen molar-refractivity contribution in [3.8, 4) is 16.9 Å². The fourth-order valence-corrected chi connectivity index (χ4v) is 2.91. The summed E-state index contributed by atoms with van der Waals surface area (Å²) in [5.41, 5.74) is 8.03. The van der Waals surface area contributed by atoms with Crippen molar-refractivity contribution in [2.75, 3.05) is 23.1 Å². The molecular formula is C21H21N5O4. The number of ether oxygens (including phenoxy) is 1. The van der Waals surface area contributed by atoms with Gasteiger partial charge in [-0.3, -0.25) is 9.59 Å². The maximum Gasteiger partial charge on any atom is 0.323 e. The number of aromatic nitrogens is 1. The summed E-state index contributed by atoms with van der Waals surface area (Å²) in [5, 5.41) is 7.99. The lowest BCUT2D eigenvalue weighted by atomic mass is 10.0. The average molecular weight is 407 g/mol. The molecule has 0 aliphatic heterocycles. The Morgan fingerprint density at radius 1 is 0.967 bits per heavy atom. The summed E-state index contributed by atoms with van der Waals surface area (Å²) >= 11 is 0. The Hall–Kier alpha value is -4.27. The van der Waals surface area contributed by atoms with Crippen LogP contribution in [0.1, 0.15) is 17.3 Å². The number of hydrogen-bond acceptors (Lipinski definition) is 4. The lowest BCUT2D eigenvalue weighted by Gasteiger charge is -2.10. The van der Waals surface area contributed by atoms with Gasteiger partial charge in [0, 0.05) is 36.1 Å². The maximum atomic E-state index is 12.2. The molecule has 0 saturated carbocycles. The summed E-state index contributed by atoms with van der Waals surface area (Å²) in [5.74, 6) is -0.125. The highest BCUT2D eigenvalue weighted by molar-refractivity contribution is 6.07. The Bertz CT molecular complexity index is 1090. The zero-order valence-corrected chi connectivity index (χ0v) is 16.4. The van der Waals surface area contributed by atoms with Crippen LogP contribution in [0.4, 0.5) is 22.0 Å². The molecule has 3 rings (SSSR count). The monoisotopic (exact) mass is 407 g/mol. The Morgan fingerprint density at radius 3 is 2.30 bits per heavy atom. The van der Waals surface area contributed by atoms with Gasteiger partial charge in [-0.15, -0.1) is 0 Å². The number of carbonyl (C=O) groups is 3. The number of benzene rings is 2. The summed E-state index contributed by atoms with van der Waals surface area (Å²) < 4.78 is 5.13. The van der Waals surface area contributed by atoms with E-state index in [4.69, 9.17) is 10.5 Å². The SMILES string of the molecule is COc1cccc(NC(=O)Nc2ccc(-c3c[nH]c(NC(C)=O)c3C(N)=O)cc2)c1. The first-order chi connectivity index (χ1) is 14.4. The van der Waals surface area contributed by atoms with Gasteiger partial charge < -0.3 is 31.4 Å². The summed E-state index contributed by atoms with van der Waals surface area (Å²) in [7, 11) is 1.55. The summed E-state index contributed by atoms with van der Waals surface area (Å²) in [4.78, 5) is 38.2. The number of carbonyl (C=O) groups excluding carboxylic acids is 3. The Labute approximate surface area is 172 Å². The topological polar surface area (TPSA) is 138 Å². The number of rotatable bonds is 6. The molecule has 0 unspecified atom stereocenters. The largest absolute Gasteiger partial charge is 0.497 e. The Kier molecular flexibility index (Phi) is 6.02. The third kappa shape index (κ3) is 4.76. The van der Waals surface area contributed by atoms with E-state index in [0.717, 1.165) is 0 Å². The number of amides is 4. The fraction of sp³-hybridized carbons (Fsp3) is 0.0952. The van der Waals surface area contributed by atoms with Gasteiger partial charge in [0.15, 0.2) is 0 Å². The van der Waals surface area contributed by atoms with Crippen LogP contribution >= 0.6 is 0 Å². The molecular weight excluding hydrogens is 386 g/mol. The minimum absolute atomic E-state index is 0.182. The number of nitrogens with one attached hydrogen (secondary N) is 4. The second-order valence-corrected chi connectivity index (χ2v) is 6.39. The molecule has 0 saturated heterocycles. The van der Waals surface area contributed by atoms with Crippen molar-refractivity contribution in [2.24, 2.45) is 5.73 Å². The second kappa shape index (κ2) is 8.82. The van der Waals surface area contributed by atoms with Crippen LogP contribution < -0.4 is 26.4 Å². The lowest BCUT2D eigenvalue weighted by molar-refractivity contribution is -0.114. The molecule has 0 atom stereocenters. The molecule has 6 N–H and O–H groups in total. The van der Waals surface area contributed by atoms with E-state index in [2.05, 4.69) is 20.9 Å². The Balaban J connectivity index is 1.73. The highest BCUT2D eigenvalue weighted by Gasteiger charge is 2.18. The van der Waals surface area contributed by atoms with Crippen molar-refractivity contribution in [2.45, 2.75) is 6.92 Å². The van der Waals surface area contributed by atoms with Crippen molar-refractivity contribution >= 4 is 35.0 Å². The van der Waals surface area contributed by atoms with Gasteiger partial charge in [0.05, 0.1) is 12.7 Å². The van der Waals surface area contributed by atoms with Gasteiger partial charge in [0.1, 0.15) is 11.6 Å². The van der Waals surface area contributed by atoms with Crippen molar-refractivity contribution in [3.63, 3.8) is 0 Å². The van der Waals surface area contributed by atoms with Crippen LogP contribution in [0.5, 0.6) is 5.75 Å². The number of hydrogen-bond donors (Lipinski definition) is 5. The van der Waals surface area contributed by atoms with Gasteiger partial charge in [-0.2, -0.15) is 0 Å². The molecule has 3 aromatic rings. The van der Waals surface area contributed by atoms with Gasteiger partial charge in [0.2, 0.25) is 5.91 Å². The Morgan fingerprint density at radius 2 is 1.67 bits per heavy atom. The summed E-state index contributed by atoms with van der Waals surface area (Å²) in [6.45, 7) is 1.34. The van der Waals surface area contributed by atoms with Crippen molar-refractivity contribution in [1.82, 2.24) is 4.98 Å². The van der Waals surface area contributed by atoms with E-state index >= 15 is 0 Å². The molecule has 0 radical (unpaired) electrons. The maximum absolute atomic E-state index is 12.2. The number of H-pyrrole nitrogens is 1. The van der Waals surface area contributed by atoms with Gasteiger partial charge in [-0.25, -0.2) is 4.79 Å². The number of primary amides is 1. The molecule has 4 amide bonds. The molecule has 9 nitrogen and oxygen atoms in total. The highest BCUT2D eigenvalue weighted by Crippen LogP contribution is 2.30. The summed E-state index contributed by atoms with van der Waals surface area (Å²) in [6.07, 6.45) is 1.59. The zero-order chi connectivity index (χ0) is 21.7. The molecule has 154 valence electrons. The second-order valence-electron chi connectivity index (χ2n) is 6.39. The molecule has 1 aromatic heterocycles. The van der Waals surface area contributed by atoms with Crippen LogP contribution in [0.3, 0.4) is 0 Å². The molecule has 9 heteroatoms. The third-order valence-electron chi connectivity index (χ3n) is 4.21. The first-order valence-electron chi connectivity index (χ1n) is 8.98. The standard InChI is InChI=1S/C21H21N5O4/c1-12(27)24-20-18(19(22)28)17(11-23-20)13-6-8-14(9-7-13)25-21(29)26-15-4-3-5-16(10-15)30-2/h3-11,23H,1-2H3,(H2,22,28)(H,24,27)(H2,25,26,29). The highest BCUT2D eigenvalue weighted by atomic mass is 16.5. The molecule has 0 spiro atoms. The lowest BCUT2D eigenvalue weighted by Crippen LogP contribution is -2.19. The minimum atomic E-state index is -0.671. The van der Waals surface area contributed by atoms with Crippen LogP contribution in [0, 0.1) is 0 Å². The first kappa shape index (κ1) is 20.5. The van der Waals surface area contributed by atoms with E-state index < -0.39 is 11.9 Å². The summed E-state index contributed by atoms with van der Waals surface area (Å²) in [6, 6.07) is 13.4. The quantitative estimate of drug-likeness (QED) is 0.427. The van der Waals surface area contributed by atoms with Crippen LogP contribution in [-0.4, -0.2) is 29.9 Å². The first-order valence-corrected chi connectivity index (χ1v) is 8.98. The van der Waals surface area contributed by atoms with E-state index in [0.29, 0.717) is 28.3 Å². The number of nitrogens with two attached hydrogens (primary N) is 1. The normalized spacial score (nSPS) is 10.2. The van der Waals surface area contributed by atoms with Crippen LogP contribution in [0.15, 0.2) is 54.7 Å². The van der Waals surface area contributed by atoms with E-state index in [9.17, 15) is 14.4 Å². The molecule has 0 aliphatic rings. The van der Waals surface area contributed by atoms with Gasteiger partial charge in [-0.1, -0.05) is 18.2 Å². The van der Waals surface area contributed by atoms with Crippen molar-refractivity contribution in [3.05, 3.63) is 60.3 Å². The molecule has 30 heavy (non-hydrogen) atoms. The molecule has 0 bridgehead atoms. The number of urea groups is 1. The average Bonchev–Trinajstić information content (AvgIpc) is 3.11. The predicted octanol–water partition coefficient (Wildman–Crippen LogP) is 3.39. The minimum Gasteiger partial charge on any atom is -0.497 e. The predicted molar refractivity (Wildman–Crippen MR) is 115 cm³/mol. The molecule has 0 fully saturated rings. The van der Waals surface area contributed by atoms with Crippen molar-refractivity contribution in [1.29, 1.82) is 0 Å². The van der Waals surface area contributed by atoms with E-state index in [-0.39, 0.29) is 17.3 Å². The number of anilines is 3. The van der Waals surface area contributed by atoms with Gasteiger partial charge in [-0.05, 0) is 29.8 Å². The fourth-order valence-electron chi connectivity index (χ4n) is 2.91. The van der Waals surface area contributed by atoms with Gasteiger partial charge >= 0.3 is 6.03 Å². The van der Waals surface area contributed by atoms with E-state index in [1.165, 1.54) is 6.92 Å². The van der Waals surface area contributed by atoms with Crippen LogP contribution in [0.25, 0.3) is 11.1 Å². The number of aromatic amines is 1. The molecule has 0 aliphatic carbocycles. The smallest absolute Gasteiger partial charge is 0.323 e. The van der Waals surface area contributed by atoms with Crippen LogP contribution in [-0.2, 0) is 4.79 Å². The van der Waals surface area contributed by atoms with Gasteiger partial charge in [0.25, 0.3) is 5.91 Å². The van der Waals surface area contributed by atoms with E-state index in [1.807, 2.05) is 0 Å². The molecule has 1 heterocycles. The van der Waals surface area contributed by atoms with Crippen molar-refractivity contribution < 1.29 is 19.1 Å². The van der Waals surface area contributed by atoms with E-state index in [1.54, 1.807) is 61.8 Å². The molecule has 2 aromatic carbocycles. The zero-order valence-electron chi connectivity index (χ0n) is 16.4. The third-order valence-corrected chi connectivity index (χ3v) is 4.21. The number of methoxy groups -OCH3 is 1.